The van der Waals surface area contributed by atoms with E-state index < -0.39 is 10.0 Å². The van der Waals surface area contributed by atoms with E-state index in [1.54, 1.807) is 18.3 Å². The third-order valence-corrected chi connectivity index (χ3v) is 7.72. The molecule has 1 fully saturated rings. The number of primary sulfonamides is 1. The van der Waals surface area contributed by atoms with Gasteiger partial charge in [-0.3, -0.25) is 9.78 Å². The molecule has 192 valence electrons. The number of nitrogens with two attached hydrogens (primary N) is 1. The third kappa shape index (κ3) is 6.67. The van der Waals surface area contributed by atoms with Gasteiger partial charge in [0.15, 0.2) is 0 Å². The fourth-order valence-electron chi connectivity index (χ4n) is 4.02. The molecule has 3 aromatic rings. The van der Waals surface area contributed by atoms with Crippen molar-refractivity contribution in [1.29, 1.82) is 0 Å². The van der Waals surface area contributed by atoms with Gasteiger partial charge in [0.05, 0.1) is 21.7 Å². The number of nitrogens with one attached hydrogen (secondary N) is 1. The maximum Gasteiger partial charge on any atom is 0.270 e. The Balaban J connectivity index is 1.47. The molecule has 3 N–H and O–H groups in total. The van der Waals surface area contributed by atoms with Crippen LogP contribution < -0.4 is 15.2 Å². The van der Waals surface area contributed by atoms with Crippen LogP contribution in [0.5, 0.6) is 5.75 Å². The van der Waals surface area contributed by atoms with Crippen molar-refractivity contribution in [2.75, 3.05) is 20.1 Å². The molecule has 9 nitrogen and oxygen atoms in total. The molecular formula is C25H31N5O4S2. The highest BCUT2D eigenvalue weighted by atomic mass is 32.2. The summed E-state index contributed by atoms with van der Waals surface area (Å²) in [6.45, 7) is 5.76. The number of sulfonamides is 1. The van der Waals surface area contributed by atoms with E-state index in [4.69, 9.17) is 14.9 Å². The molecule has 4 rings (SSSR count). The fourth-order valence-corrected chi connectivity index (χ4v) is 5.41. The number of pyridine rings is 1. The molecular weight excluding hydrogens is 498 g/mol. The number of benzene rings is 1. The molecule has 1 aromatic carbocycles. The molecule has 1 aliphatic heterocycles. The van der Waals surface area contributed by atoms with Crippen LogP contribution in [0.2, 0.25) is 0 Å². The second-order valence-corrected chi connectivity index (χ2v) is 11.8. The highest BCUT2D eigenvalue weighted by Gasteiger charge is 2.20. The highest BCUT2D eigenvalue weighted by Crippen LogP contribution is 2.29. The molecule has 3 heterocycles. The first-order valence-corrected chi connectivity index (χ1v) is 14.2. The molecule has 1 saturated heterocycles. The molecule has 36 heavy (non-hydrogen) atoms. The Morgan fingerprint density at radius 3 is 2.64 bits per heavy atom. The zero-order chi connectivity index (χ0) is 25.9. The first-order valence-electron chi connectivity index (χ1n) is 11.8. The number of hydrogen-bond donors (Lipinski definition) is 2. The molecule has 11 heteroatoms. The first-order chi connectivity index (χ1) is 17.1. The van der Waals surface area contributed by atoms with E-state index in [9.17, 15) is 13.2 Å². The lowest BCUT2D eigenvalue weighted by atomic mass is 10.1. The Morgan fingerprint density at radius 2 is 2.00 bits per heavy atom. The first kappa shape index (κ1) is 26.2. The summed E-state index contributed by atoms with van der Waals surface area (Å²) in [5, 5.41) is 11.1. The van der Waals surface area contributed by atoms with Crippen molar-refractivity contribution in [3.05, 3.63) is 58.2 Å². The monoisotopic (exact) mass is 529 g/mol. The second-order valence-electron chi connectivity index (χ2n) is 9.27. The largest absolute Gasteiger partial charge is 0.491 e. The number of likely N-dealkylation sites (tertiary alicyclic amines) is 1. The molecule has 0 atom stereocenters. The van der Waals surface area contributed by atoms with Gasteiger partial charge >= 0.3 is 0 Å². The van der Waals surface area contributed by atoms with Crippen molar-refractivity contribution >= 4 is 27.3 Å². The van der Waals surface area contributed by atoms with E-state index >= 15 is 0 Å². The van der Waals surface area contributed by atoms with E-state index in [1.807, 2.05) is 25.3 Å². The molecule has 1 aliphatic rings. The number of hydrogen-bond acceptors (Lipinski definition) is 8. The number of thiazole rings is 1. The molecule has 0 aliphatic carbocycles. The summed E-state index contributed by atoms with van der Waals surface area (Å²) in [6.07, 6.45) is 3.84. The summed E-state index contributed by atoms with van der Waals surface area (Å²) in [5.41, 5.74) is 2.60. The van der Waals surface area contributed by atoms with Crippen LogP contribution in [0.3, 0.4) is 0 Å². The van der Waals surface area contributed by atoms with Crippen molar-refractivity contribution in [3.8, 4) is 17.0 Å². The lowest BCUT2D eigenvalue weighted by Gasteiger charge is -2.29. The molecule has 0 radical (unpaired) electrons. The van der Waals surface area contributed by atoms with Gasteiger partial charge in [-0.2, -0.15) is 0 Å². The smallest absolute Gasteiger partial charge is 0.270 e. The zero-order valence-corrected chi connectivity index (χ0v) is 22.2. The lowest BCUT2D eigenvalue weighted by molar-refractivity contribution is 0.0912. The van der Waals surface area contributed by atoms with Crippen molar-refractivity contribution < 1.29 is 17.9 Å². The summed E-state index contributed by atoms with van der Waals surface area (Å²) in [7, 11) is -1.75. The van der Waals surface area contributed by atoms with E-state index in [2.05, 4.69) is 22.2 Å². The zero-order valence-electron chi connectivity index (χ0n) is 20.6. The normalized spacial score (nSPS) is 15.2. The van der Waals surface area contributed by atoms with Crippen LogP contribution >= 0.6 is 11.3 Å². The summed E-state index contributed by atoms with van der Waals surface area (Å²) < 4.78 is 29.6. The average Bonchev–Trinajstić information content (AvgIpc) is 3.29. The summed E-state index contributed by atoms with van der Waals surface area (Å²) in [4.78, 5) is 23.9. The Morgan fingerprint density at radius 1 is 1.25 bits per heavy atom. The van der Waals surface area contributed by atoms with E-state index in [-0.39, 0.29) is 22.9 Å². The standard InChI is InChI=1S/C25H31N5O4S2/c1-16(2)34-23-7-5-20(36(26,32)33)12-18(23)13-24-29-22(15-35-24)17-4-6-21(27-14-17)25(31)28-19-8-10-30(3)11-9-19/h4-7,12,14-16,19H,8-11,13H2,1-3H3,(H,28,31)(H2,26,32,33). The Hall–Kier alpha value is -2.86. The van der Waals surface area contributed by atoms with E-state index in [1.165, 1.54) is 23.5 Å². The molecule has 0 spiro atoms. The predicted molar refractivity (Wildman–Crippen MR) is 140 cm³/mol. The number of carbonyl (C=O) groups is 1. The maximum absolute atomic E-state index is 12.6. The number of amides is 1. The van der Waals surface area contributed by atoms with Gasteiger partial charge in [-0.1, -0.05) is 0 Å². The number of nitrogens with zero attached hydrogens (tertiary/aromatic N) is 3. The van der Waals surface area contributed by atoms with Crippen molar-refractivity contribution in [2.24, 2.45) is 5.14 Å². The summed E-state index contributed by atoms with van der Waals surface area (Å²) >= 11 is 1.46. The van der Waals surface area contributed by atoms with Crippen LogP contribution in [0.15, 0.2) is 46.8 Å². The van der Waals surface area contributed by atoms with Crippen molar-refractivity contribution in [1.82, 2.24) is 20.2 Å². The predicted octanol–water partition coefficient (Wildman–Crippen LogP) is 3.05. The number of aromatic nitrogens is 2. The minimum atomic E-state index is -3.84. The molecule has 2 aromatic heterocycles. The third-order valence-electron chi connectivity index (χ3n) is 5.96. The van der Waals surface area contributed by atoms with Gasteiger partial charge in [-0.15, -0.1) is 11.3 Å². The van der Waals surface area contributed by atoms with E-state index in [0.29, 0.717) is 23.4 Å². The fraction of sp³-hybridized carbons (Fsp3) is 0.400. The topological polar surface area (TPSA) is 128 Å². The van der Waals surface area contributed by atoms with Gasteiger partial charge in [-0.05, 0) is 77.2 Å². The van der Waals surface area contributed by atoms with E-state index in [0.717, 1.165) is 42.2 Å². The summed E-state index contributed by atoms with van der Waals surface area (Å²) in [6, 6.07) is 8.33. The number of ether oxygens (including phenoxy) is 1. The molecule has 0 unspecified atom stereocenters. The van der Waals surface area contributed by atoms with Gasteiger partial charge in [0.1, 0.15) is 11.4 Å². The van der Waals surface area contributed by atoms with Gasteiger partial charge in [0.2, 0.25) is 10.0 Å². The minimum Gasteiger partial charge on any atom is -0.491 e. The Kier molecular flexibility index (Phi) is 8.04. The highest BCUT2D eigenvalue weighted by molar-refractivity contribution is 7.89. The van der Waals surface area contributed by atoms with Gasteiger partial charge in [0, 0.05) is 35.2 Å². The van der Waals surface area contributed by atoms with Gasteiger partial charge in [0.25, 0.3) is 5.91 Å². The van der Waals surface area contributed by atoms with Crippen molar-refractivity contribution in [3.63, 3.8) is 0 Å². The van der Waals surface area contributed by atoms with Crippen LogP contribution in [0.4, 0.5) is 0 Å². The van der Waals surface area contributed by atoms with Crippen LogP contribution in [0, 0.1) is 0 Å². The molecule has 0 bridgehead atoms. The molecule has 0 saturated carbocycles. The number of piperidine rings is 1. The van der Waals surface area contributed by atoms with Crippen LogP contribution in [-0.2, 0) is 16.4 Å². The maximum atomic E-state index is 12.6. The minimum absolute atomic E-state index is 0.0312. The van der Waals surface area contributed by atoms with Gasteiger partial charge in [-0.25, -0.2) is 18.5 Å². The second kappa shape index (κ2) is 11.0. The van der Waals surface area contributed by atoms with Gasteiger partial charge < -0.3 is 15.0 Å². The number of rotatable bonds is 8. The Bertz CT molecular complexity index is 1310. The average molecular weight is 530 g/mol. The van der Waals surface area contributed by atoms with Crippen LogP contribution in [0.1, 0.15) is 47.7 Å². The Labute approximate surface area is 215 Å². The summed E-state index contributed by atoms with van der Waals surface area (Å²) in [5.74, 6) is 0.429. The SMILES string of the molecule is CC(C)Oc1ccc(S(N)(=O)=O)cc1Cc1nc(-c2ccc(C(=O)NC3CCN(C)CC3)nc2)cs1. The van der Waals surface area contributed by atoms with Crippen molar-refractivity contribution in [2.45, 2.75) is 50.2 Å². The van der Waals surface area contributed by atoms with Crippen LogP contribution in [-0.4, -0.2) is 61.5 Å². The van der Waals surface area contributed by atoms with Crippen LogP contribution in [0.25, 0.3) is 11.3 Å². The number of carbonyl (C=O) groups excluding carboxylic acids is 1. The molecule has 1 amide bonds. The lowest BCUT2D eigenvalue weighted by Crippen LogP contribution is -2.43. The quantitative estimate of drug-likeness (QED) is 0.459.